The Labute approximate surface area is 139 Å². The summed E-state index contributed by atoms with van der Waals surface area (Å²) in [6.07, 6.45) is 0. The van der Waals surface area contributed by atoms with Crippen LogP contribution in [0.3, 0.4) is 0 Å². The smallest absolute Gasteiger partial charge is 0.121 e. The van der Waals surface area contributed by atoms with E-state index in [2.05, 4.69) is 66.5 Å². The lowest BCUT2D eigenvalue weighted by Crippen LogP contribution is -2.45. The first-order valence-electron chi connectivity index (χ1n) is 8.35. The summed E-state index contributed by atoms with van der Waals surface area (Å²) in [5, 5.41) is 3.45. The summed E-state index contributed by atoms with van der Waals surface area (Å²) >= 11 is 0. The van der Waals surface area contributed by atoms with Crippen LogP contribution in [0.25, 0.3) is 0 Å². The lowest BCUT2D eigenvalue weighted by atomic mass is 9.94. The predicted octanol–water partition coefficient (Wildman–Crippen LogP) is 3.31. The van der Waals surface area contributed by atoms with Crippen LogP contribution in [0.15, 0.2) is 42.5 Å². The van der Waals surface area contributed by atoms with Crippen LogP contribution >= 0.6 is 0 Å². The van der Waals surface area contributed by atoms with Crippen LogP contribution in [-0.4, -0.2) is 38.2 Å². The van der Waals surface area contributed by atoms with Crippen molar-refractivity contribution < 1.29 is 4.74 Å². The SMILES string of the molecule is COc1ccc(C(c2ccc(C)cc2)N2CCNCC2)cc1C. The van der Waals surface area contributed by atoms with Gasteiger partial charge in [-0.2, -0.15) is 0 Å². The summed E-state index contributed by atoms with van der Waals surface area (Å²) in [7, 11) is 1.73. The Balaban J connectivity index is 2.00. The summed E-state index contributed by atoms with van der Waals surface area (Å²) in [5.74, 6) is 0.955. The lowest BCUT2D eigenvalue weighted by Gasteiger charge is -2.36. The number of aryl methyl sites for hydroxylation is 2. The molecule has 0 saturated carbocycles. The van der Waals surface area contributed by atoms with Crippen molar-refractivity contribution in [3.8, 4) is 5.75 Å². The van der Waals surface area contributed by atoms with E-state index >= 15 is 0 Å². The first-order chi connectivity index (χ1) is 11.2. The molecule has 0 bridgehead atoms. The third kappa shape index (κ3) is 3.57. The van der Waals surface area contributed by atoms with Gasteiger partial charge < -0.3 is 10.1 Å². The fraction of sp³-hybridized carbons (Fsp3) is 0.400. The maximum absolute atomic E-state index is 5.42. The highest BCUT2D eigenvalue weighted by atomic mass is 16.5. The van der Waals surface area contributed by atoms with Gasteiger partial charge in [-0.15, -0.1) is 0 Å². The van der Waals surface area contributed by atoms with Crippen molar-refractivity contribution >= 4 is 0 Å². The van der Waals surface area contributed by atoms with E-state index in [0.29, 0.717) is 6.04 Å². The normalized spacial score (nSPS) is 17.0. The van der Waals surface area contributed by atoms with Gasteiger partial charge in [-0.3, -0.25) is 4.90 Å². The number of nitrogens with one attached hydrogen (secondary N) is 1. The van der Waals surface area contributed by atoms with Crippen molar-refractivity contribution in [1.82, 2.24) is 10.2 Å². The minimum absolute atomic E-state index is 0.308. The van der Waals surface area contributed by atoms with Gasteiger partial charge in [-0.25, -0.2) is 0 Å². The molecule has 3 nitrogen and oxygen atoms in total. The second-order valence-corrected chi connectivity index (χ2v) is 6.33. The summed E-state index contributed by atoms with van der Waals surface area (Å²) in [6, 6.07) is 15.8. The van der Waals surface area contributed by atoms with Gasteiger partial charge in [-0.1, -0.05) is 42.0 Å². The van der Waals surface area contributed by atoms with E-state index < -0.39 is 0 Å². The number of benzene rings is 2. The van der Waals surface area contributed by atoms with Crippen molar-refractivity contribution in [3.05, 3.63) is 64.7 Å². The maximum atomic E-state index is 5.42. The molecule has 1 unspecified atom stereocenters. The first kappa shape index (κ1) is 16.0. The Hall–Kier alpha value is -1.84. The van der Waals surface area contributed by atoms with Crippen LogP contribution < -0.4 is 10.1 Å². The van der Waals surface area contributed by atoms with Gasteiger partial charge in [0.15, 0.2) is 0 Å². The highest BCUT2D eigenvalue weighted by Gasteiger charge is 2.24. The molecular formula is C20H26N2O. The first-order valence-corrected chi connectivity index (χ1v) is 8.35. The topological polar surface area (TPSA) is 24.5 Å². The average molecular weight is 310 g/mol. The van der Waals surface area contributed by atoms with Gasteiger partial charge in [0.05, 0.1) is 13.2 Å². The lowest BCUT2D eigenvalue weighted by molar-refractivity contribution is 0.198. The Morgan fingerprint density at radius 1 is 0.957 bits per heavy atom. The number of nitrogens with zero attached hydrogens (tertiary/aromatic N) is 1. The molecule has 1 saturated heterocycles. The fourth-order valence-corrected chi connectivity index (χ4v) is 3.37. The minimum atomic E-state index is 0.308. The molecule has 3 heteroatoms. The number of hydrogen-bond acceptors (Lipinski definition) is 3. The largest absolute Gasteiger partial charge is 0.496 e. The van der Waals surface area contributed by atoms with Crippen molar-refractivity contribution in [3.63, 3.8) is 0 Å². The standard InChI is InChI=1S/C20H26N2O/c1-15-4-6-17(7-5-15)20(22-12-10-21-11-13-22)18-8-9-19(23-3)16(2)14-18/h4-9,14,20-21H,10-13H2,1-3H3. The van der Waals surface area contributed by atoms with Crippen LogP contribution in [0, 0.1) is 13.8 Å². The molecule has 0 aromatic heterocycles. The van der Waals surface area contributed by atoms with Crippen LogP contribution in [0.2, 0.25) is 0 Å². The molecule has 2 aromatic rings. The summed E-state index contributed by atoms with van der Waals surface area (Å²) in [6.45, 7) is 8.51. The molecule has 1 heterocycles. The van der Waals surface area contributed by atoms with E-state index in [1.54, 1.807) is 7.11 Å². The summed E-state index contributed by atoms with van der Waals surface area (Å²) in [4.78, 5) is 2.57. The Morgan fingerprint density at radius 2 is 1.61 bits per heavy atom. The number of ether oxygens (including phenoxy) is 1. The van der Waals surface area contributed by atoms with Gasteiger partial charge in [0.25, 0.3) is 0 Å². The van der Waals surface area contributed by atoms with Crippen LogP contribution in [0.1, 0.15) is 28.3 Å². The monoisotopic (exact) mass is 310 g/mol. The second-order valence-electron chi connectivity index (χ2n) is 6.33. The molecule has 1 atom stereocenters. The third-order valence-corrected chi connectivity index (χ3v) is 4.64. The second kappa shape index (κ2) is 7.16. The average Bonchev–Trinajstić information content (AvgIpc) is 2.58. The van der Waals surface area contributed by atoms with E-state index in [0.717, 1.165) is 31.9 Å². The predicted molar refractivity (Wildman–Crippen MR) is 95.2 cm³/mol. The molecule has 23 heavy (non-hydrogen) atoms. The Morgan fingerprint density at radius 3 is 2.22 bits per heavy atom. The van der Waals surface area contributed by atoms with E-state index in [4.69, 9.17) is 4.74 Å². The fourth-order valence-electron chi connectivity index (χ4n) is 3.37. The highest BCUT2D eigenvalue weighted by molar-refractivity contribution is 5.41. The van der Waals surface area contributed by atoms with Gasteiger partial charge in [0.2, 0.25) is 0 Å². The molecule has 0 radical (unpaired) electrons. The molecular weight excluding hydrogens is 284 g/mol. The molecule has 0 aliphatic carbocycles. The highest BCUT2D eigenvalue weighted by Crippen LogP contribution is 2.32. The van der Waals surface area contributed by atoms with Crippen LogP contribution in [-0.2, 0) is 0 Å². The summed E-state index contributed by atoms with van der Waals surface area (Å²) in [5.41, 5.74) is 5.20. The van der Waals surface area contributed by atoms with E-state index in [-0.39, 0.29) is 0 Å². The molecule has 122 valence electrons. The molecule has 1 N–H and O–H groups in total. The van der Waals surface area contributed by atoms with E-state index in [1.165, 1.54) is 22.3 Å². The van der Waals surface area contributed by atoms with E-state index in [1.807, 2.05) is 0 Å². The number of rotatable bonds is 4. The molecule has 1 aliphatic heterocycles. The molecule has 0 amide bonds. The zero-order valence-electron chi connectivity index (χ0n) is 14.3. The van der Waals surface area contributed by atoms with Crippen LogP contribution in [0.5, 0.6) is 5.75 Å². The number of piperazine rings is 1. The van der Waals surface area contributed by atoms with Gasteiger partial charge in [0.1, 0.15) is 5.75 Å². The molecule has 2 aromatic carbocycles. The minimum Gasteiger partial charge on any atom is -0.496 e. The summed E-state index contributed by atoms with van der Waals surface area (Å²) < 4.78 is 5.42. The van der Waals surface area contributed by atoms with Gasteiger partial charge in [-0.05, 0) is 36.6 Å². The molecule has 1 aliphatic rings. The van der Waals surface area contributed by atoms with Crippen LogP contribution in [0.4, 0.5) is 0 Å². The Kier molecular flexibility index (Phi) is 4.99. The van der Waals surface area contributed by atoms with E-state index in [9.17, 15) is 0 Å². The molecule has 3 rings (SSSR count). The van der Waals surface area contributed by atoms with Crippen molar-refractivity contribution in [2.45, 2.75) is 19.9 Å². The zero-order chi connectivity index (χ0) is 16.2. The van der Waals surface area contributed by atoms with Crippen molar-refractivity contribution in [2.24, 2.45) is 0 Å². The molecule has 0 spiro atoms. The Bertz CT molecular complexity index is 645. The quantitative estimate of drug-likeness (QED) is 0.938. The number of methoxy groups -OCH3 is 1. The molecule has 1 fully saturated rings. The third-order valence-electron chi connectivity index (χ3n) is 4.64. The zero-order valence-corrected chi connectivity index (χ0v) is 14.3. The number of hydrogen-bond donors (Lipinski definition) is 1. The van der Waals surface area contributed by atoms with Gasteiger partial charge in [0, 0.05) is 26.2 Å². The maximum Gasteiger partial charge on any atom is 0.121 e. The van der Waals surface area contributed by atoms with Crippen molar-refractivity contribution in [1.29, 1.82) is 0 Å². The van der Waals surface area contributed by atoms with Crippen molar-refractivity contribution in [2.75, 3.05) is 33.3 Å². The van der Waals surface area contributed by atoms with Gasteiger partial charge >= 0.3 is 0 Å².